The molecule has 9 heteroatoms. The van der Waals surface area contributed by atoms with E-state index in [2.05, 4.69) is 6.92 Å². The van der Waals surface area contributed by atoms with Gasteiger partial charge >= 0.3 is 17.6 Å². The van der Waals surface area contributed by atoms with Gasteiger partial charge in [-0.25, -0.2) is 0 Å². The molecule has 1 atom stereocenters. The molecule has 0 saturated carbocycles. The fourth-order valence-electron chi connectivity index (χ4n) is 3.96. The van der Waals surface area contributed by atoms with Crippen molar-refractivity contribution in [1.29, 1.82) is 0 Å². The van der Waals surface area contributed by atoms with Crippen molar-refractivity contribution in [2.45, 2.75) is 105 Å². The Morgan fingerprint density at radius 3 is 1.53 bits per heavy atom. The first-order valence-electron chi connectivity index (χ1n) is 12.8. The van der Waals surface area contributed by atoms with Crippen molar-refractivity contribution in [2.24, 2.45) is 0 Å². The van der Waals surface area contributed by atoms with Crippen molar-refractivity contribution in [3.8, 4) is 0 Å². The van der Waals surface area contributed by atoms with Crippen molar-refractivity contribution in [1.82, 2.24) is 0 Å². The molecule has 32 heavy (non-hydrogen) atoms. The van der Waals surface area contributed by atoms with E-state index < -0.39 is 17.6 Å². The Bertz CT molecular complexity index is 432. The number of carbonyl (C=O) groups is 1. The molecule has 0 aromatic carbocycles. The molecule has 0 N–H and O–H groups in total. The van der Waals surface area contributed by atoms with Crippen LogP contribution >= 0.6 is 0 Å². The van der Waals surface area contributed by atoms with Gasteiger partial charge in [0.15, 0.2) is 0 Å². The van der Waals surface area contributed by atoms with Gasteiger partial charge in [-0.2, -0.15) is 0 Å². The van der Waals surface area contributed by atoms with Crippen LogP contribution in [0.4, 0.5) is 0 Å². The molecule has 7 nitrogen and oxygen atoms in total. The Labute approximate surface area is 199 Å². The highest BCUT2D eigenvalue weighted by atomic mass is 28.4. The van der Waals surface area contributed by atoms with E-state index in [1.54, 1.807) is 0 Å². The fourth-order valence-corrected chi connectivity index (χ4v) is 10.1. The van der Waals surface area contributed by atoms with Crippen molar-refractivity contribution in [3.05, 3.63) is 0 Å². The molecular formula is C23H50O7Si2. The number of hydrogen-bond acceptors (Lipinski definition) is 7. The molecule has 0 aromatic heterocycles. The Hall–Kier alpha value is -0.136. The summed E-state index contributed by atoms with van der Waals surface area (Å²) in [5.41, 5.74) is -0.144. The van der Waals surface area contributed by atoms with Crippen molar-refractivity contribution in [2.75, 3.05) is 39.6 Å². The lowest BCUT2D eigenvalue weighted by Crippen LogP contribution is -2.52. The van der Waals surface area contributed by atoms with Gasteiger partial charge in [0, 0.05) is 64.1 Å². The van der Waals surface area contributed by atoms with E-state index in [4.69, 9.17) is 26.6 Å². The van der Waals surface area contributed by atoms with Crippen LogP contribution in [0.15, 0.2) is 0 Å². The van der Waals surface area contributed by atoms with Crippen molar-refractivity contribution in [3.63, 3.8) is 0 Å². The van der Waals surface area contributed by atoms with E-state index in [0.717, 1.165) is 25.7 Å². The standard InChI is InChI=1S/C23H50O7Si2/c1-8-15-16-17-18-22(24)21-23(32(28-12-5,29-13-6)30-14-7)19-20-31(25-9-2,26-10-3)27-11-4/h23H,8-21H2,1-7H3. The largest absolute Gasteiger partial charge is 0.504 e. The summed E-state index contributed by atoms with van der Waals surface area (Å²) in [4.78, 5) is 13.0. The Balaban J connectivity index is 5.72. The lowest BCUT2D eigenvalue weighted by molar-refractivity contribution is -0.119. The monoisotopic (exact) mass is 494 g/mol. The SMILES string of the molecule is CCCCCCC(=O)CC(CC[Si](OCC)(OCC)OCC)[Si](OCC)(OCC)OCC. The Kier molecular flexibility index (Phi) is 19.1. The van der Waals surface area contributed by atoms with Crippen LogP contribution in [0, 0.1) is 0 Å². The maximum Gasteiger partial charge on any atom is 0.504 e. The van der Waals surface area contributed by atoms with Crippen LogP contribution in [0.1, 0.15) is 93.4 Å². The van der Waals surface area contributed by atoms with Crippen LogP contribution in [0.25, 0.3) is 0 Å². The zero-order valence-electron chi connectivity index (χ0n) is 21.8. The summed E-state index contributed by atoms with van der Waals surface area (Å²) in [6, 6.07) is 0.609. The highest BCUT2D eigenvalue weighted by molar-refractivity contribution is 6.64. The molecule has 0 radical (unpaired) electrons. The maximum absolute atomic E-state index is 13.0. The number of unbranched alkanes of at least 4 members (excludes halogenated alkanes) is 3. The summed E-state index contributed by atoms with van der Waals surface area (Å²) in [5.74, 6) is 0.249. The molecule has 0 rings (SSSR count). The van der Waals surface area contributed by atoms with E-state index in [1.165, 1.54) is 0 Å². The lowest BCUT2D eigenvalue weighted by atomic mass is 10.1. The summed E-state index contributed by atoms with van der Waals surface area (Å²) < 4.78 is 36.7. The second-order valence-corrected chi connectivity index (χ2v) is 13.3. The molecule has 0 amide bonds. The topological polar surface area (TPSA) is 72.5 Å². The number of ketones is 1. The summed E-state index contributed by atoms with van der Waals surface area (Å²) >= 11 is 0. The number of rotatable bonds is 23. The first-order valence-corrected chi connectivity index (χ1v) is 16.5. The minimum absolute atomic E-state index is 0.144. The average Bonchev–Trinajstić information content (AvgIpc) is 2.75. The predicted octanol–water partition coefficient (Wildman–Crippen LogP) is 5.77. The molecular weight excluding hydrogens is 444 g/mol. The normalized spacial score (nSPS) is 13.5. The average molecular weight is 495 g/mol. The quantitative estimate of drug-likeness (QED) is 0.132. The van der Waals surface area contributed by atoms with Crippen LogP contribution in [0.3, 0.4) is 0 Å². The minimum atomic E-state index is -3.08. The first-order chi connectivity index (χ1) is 15.4. The molecule has 0 bridgehead atoms. The van der Waals surface area contributed by atoms with Gasteiger partial charge in [0.05, 0.1) is 0 Å². The zero-order chi connectivity index (χ0) is 24.3. The third kappa shape index (κ3) is 11.8. The van der Waals surface area contributed by atoms with Gasteiger partial charge in [0.25, 0.3) is 0 Å². The van der Waals surface area contributed by atoms with Gasteiger partial charge in [-0.15, -0.1) is 0 Å². The fraction of sp³-hybridized carbons (Fsp3) is 0.957. The van der Waals surface area contributed by atoms with Gasteiger partial charge in [0.2, 0.25) is 0 Å². The smallest absolute Gasteiger partial charge is 0.374 e. The summed E-state index contributed by atoms with van der Waals surface area (Å²) in [6.07, 6.45) is 5.99. The Morgan fingerprint density at radius 1 is 0.656 bits per heavy atom. The van der Waals surface area contributed by atoms with Gasteiger partial charge in [-0.05, 0) is 54.4 Å². The van der Waals surface area contributed by atoms with Gasteiger partial charge in [-0.3, -0.25) is 4.79 Å². The zero-order valence-corrected chi connectivity index (χ0v) is 23.8. The van der Waals surface area contributed by atoms with E-state index >= 15 is 0 Å². The van der Waals surface area contributed by atoms with Gasteiger partial charge < -0.3 is 26.6 Å². The molecule has 0 spiro atoms. The number of carbonyl (C=O) groups excluding carboxylic acids is 1. The molecule has 0 aliphatic carbocycles. The van der Waals surface area contributed by atoms with E-state index in [1.807, 2.05) is 41.5 Å². The van der Waals surface area contributed by atoms with Gasteiger partial charge in [-0.1, -0.05) is 26.2 Å². The highest BCUT2D eigenvalue weighted by Crippen LogP contribution is 2.37. The van der Waals surface area contributed by atoms with Crippen LogP contribution in [-0.4, -0.2) is 63.0 Å². The molecule has 0 aliphatic rings. The van der Waals surface area contributed by atoms with Gasteiger partial charge in [0.1, 0.15) is 5.78 Å². The third-order valence-electron chi connectivity index (χ3n) is 5.21. The summed E-state index contributed by atoms with van der Waals surface area (Å²) in [5, 5.41) is 0. The minimum Gasteiger partial charge on any atom is -0.374 e. The second kappa shape index (κ2) is 19.2. The predicted molar refractivity (Wildman–Crippen MR) is 133 cm³/mol. The molecule has 0 fully saturated rings. The van der Waals surface area contributed by atoms with Crippen molar-refractivity contribution < 1.29 is 31.4 Å². The first kappa shape index (κ1) is 31.9. The molecule has 0 saturated heterocycles. The van der Waals surface area contributed by atoms with Crippen molar-refractivity contribution >= 4 is 23.4 Å². The van der Waals surface area contributed by atoms with Crippen LogP contribution in [0.2, 0.25) is 11.6 Å². The van der Waals surface area contributed by atoms with E-state index in [-0.39, 0.29) is 11.3 Å². The summed E-state index contributed by atoms with van der Waals surface area (Å²) in [6.45, 7) is 16.9. The lowest BCUT2D eigenvalue weighted by Gasteiger charge is -2.36. The number of Topliss-reactive ketones (excluding diaryl/α,β-unsaturated/α-hetero) is 1. The van der Waals surface area contributed by atoms with Crippen LogP contribution in [0.5, 0.6) is 0 Å². The molecule has 0 heterocycles. The molecule has 0 aliphatic heterocycles. The van der Waals surface area contributed by atoms with E-state index in [0.29, 0.717) is 64.9 Å². The number of hydrogen-bond donors (Lipinski definition) is 0. The highest BCUT2D eigenvalue weighted by Gasteiger charge is 2.52. The molecule has 1 unspecified atom stereocenters. The molecule has 192 valence electrons. The second-order valence-electron chi connectivity index (χ2n) is 7.67. The van der Waals surface area contributed by atoms with Crippen LogP contribution in [-0.2, 0) is 31.4 Å². The molecule has 0 aromatic rings. The van der Waals surface area contributed by atoms with Crippen LogP contribution < -0.4 is 0 Å². The van der Waals surface area contributed by atoms with E-state index in [9.17, 15) is 4.79 Å². The Morgan fingerprint density at radius 2 is 1.12 bits per heavy atom. The maximum atomic E-state index is 13.0. The summed E-state index contributed by atoms with van der Waals surface area (Å²) in [7, 11) is -5.92. The third-order valence-corrected chi connectivity index (χ3v) is 11.9.